The lowest BCUT2D eigenvalue weighted by atomic mass is 10.3. The van der Waals surface area contributed by atoms with E-state index in [0.717, 1.165) is 0 Å². The standard InChI is InChI=1S/C6H6N4S2/c7-11-9-5-3-1-2-4-6(5)10-12-8/h1-4,9-10H. The second kappa shape index (κ2) is 4.54. The number of hydrogen-bond acceptors (Lipinski definition) is 4. The number of nitrogens with one attached hydrogen (secondary N) is 2. The molecule has 0 fully saturated rings. The van der Waals surface area contributed by atoms with Gasteiger partial charge >= 0.3 is 0 Å². The van der Waals surface area contributed by atoms with E-state index in [1.807, 2.05) is 12.1 Å². The van der Waals surface area contributed by atoms with Gasteiger partial charge in [-0.2, -0.15) is 9.22 Å². The number of para-hydroxylation sites is 2. The first-order chi connectivity index (χ1) is 5.88. The molecule has 62 valence electrons. The highest BCUT2D eigenvalue weighted by Crippen LogP contribution is 2.22. The summed E-state index contributed by atoms with van der Waals surface area (Å²) in [5.74, 6) is 0. The van der Waals surface area contributed by atoms with Crippen LogP contribution in [0.3, 0.4) is 0 Å². The van der Waals surface area contributed by atoms with E-state index >= 15 is 0 Å². The summed E-state index contributed by atoms with van der Waals surface area (Å²) in [6.45, 7) is 0. The molecule has 0 bridgehead atoms. The molecule has 0 heterocycles. The molecule has 0 aliphatic heterocycles. The lowest BCUT2D eigenvalue weighted by Crippen LogP contribution is -1.88. The average Bonchev–Trinajstić information content (AvgIpc) is 2.09. The highest BCUT2D eigenvalue weighted by atomic mass is 32.1. The summed E-state index contributed by atoms with van der Waals surface area (Å²) >= 11 is 1.03. The van der Waals surface area contributed by atoms with Gasteiger partial charge in [-0.3, -0.25) is 9.44 Å². The number of hydrogen-bond donors (Lipinski definition) is 2. The highest BCUT2D eigenvalue weighted by molar-refractivity contribution is 7.87. The molecular weight excluding hydrogens is 192 g/mol. The van der Waals surface area contributed by atoms with Crippen LogP contribution in [0.4, 0.5) is 11.4 Å². The second-order valence-electron chi connectivity index (χ2n) is 1.93. The largest absolute Gasteiger partial charge is 0.281 e. The van der Waals surface area contributed by atoms with Crippen molar-refractivity contribution < 1.29 is 0 Å². The minimum atomic E-state index is 0.514. The Bertz CT molecular complexity index is 316. The van der Waals surface area contributed by atoms with Gasteiger partial charge in [0.05, 0.1) is 11.4 Å². The molecule has 0 saturated carbocycles. The van der Waals surface area contributed by atoms with Gasteiger partial charge in [-0.15, -0.1) is 0 Å². The SMILES string of the molecule is N#SNc1ccccc1NS#N. The van der Waals surface area contributed by atoms with Crippen LogP contribution in [0, 0.1) is 9.22 Å². The molecule has 0 atom stereocenters. The molecule has 6 heteroatoms. The van der Waals surface area contributed by atoms with Gasteiger partial charge < -0.3 is 0 Å². The Hall–Kier alpha value is -1.32. The third kappa shape index (κ3) is 2.08. The van der Waals surface area contributed by atoms with Crippen LogP contribution in [-0.2, 0) is 0 Å². The summed E-state index contributed by atoms with van der Waals surface area (Å²) in [6, 6.07) is 7.21. The van der Waals surface area contributed by atoms with E-state index in [1.54, 1.807) is 12.1 Å². The quantitative estimate of drug-likeness (QED) is 0.717. The first kappa shape index (κ1) is 8.77. The number of benzene rings is 1. The van der Waals surface area contributed by atoms with E-state index < -0.39 is 0 Å². The Morgan fingerprint density at radius 1 is 0.917 bits per heavy atom. The minimum absolute atomic E-state index is 0.514. The van der Waals surface area contributed by atoms with Gasteiger partial charge in [-0.05, 0) is 12.1 Å². The van der Waals surface area contributed by atoms with Gasteiger partial charge in [0.25, 0.3) is 0 Å². The monoisotopic (exact) mass is 198 g/mol. The summed E-state index contributed by atoms with van der Waals surface area (Å²) in [5.41, 5.74) is 1.43. The first-order valence-corrected chi connectivity index (χ1v) is 4.65. The van der Waals surface area contributed by atoms with E-state index in [9.17, 15) is 0 Å². The molecular formula is C6H6N4S2. The van der Waals surface area contributed by atoms with Crippen LogP contribution in [0.15, 0.2) is 24.3 Å². The topological polar surface area (TPSA) is 71.6 Å². The molecule has 12 heavy (non-hydrogen) atoms. The van der Waals surface area contributed by atoms with Gasteiger partial charge in [-0.1, -0.05) is 12.1 Å². The van der Waals surface area contributed by atoms with Crippen molar-refractivity contribution in [3.63, 3.8) is 0 Å². The summed E-state index contributed by atoms with van der Waals surface area (Å²) in [5, 5.41) is 0. The van der Waals surface area contributed by atoms with Gasteiger partial charge in [0.2, 0.25) is 0 Å². The van der Waals surface area contributed by atoms with Crippen molar-refractivity contribution in [2.45, 2.75) is 0 Å². The van der Waals surface area contributed by atoms with E-state index in [-0.39, 0.29) is 0 Å². The van der Waals surface area contributed by atoms with Crippen molar-refractivity contribution in [1.82, 2.24) is 0 Å². The molecule has 0 aliphatic carbocycles. The van der Waals surface area contributed by atoms with Crippen molar-refractivity contribution in [2.24, 2.45) is 0 Å². The Morgan fingerprint density at radius 2 is 1.33 bits per heavy atom. The molecule has 0 radical (unpaired) electrons. The normalized spacial score (nSPS) is 8.50. The predicted molar refractivity (Wildman–Crippen MR) is 52.3 cm³/mol. The Morgan fingerprint density at radius 3 is 1.67 bits per heavy atom. The molecule has 1 rings (SSSR count). The highest BCUT2D eigenvalue weighted by Gasteiger charge is 1.97. The number of nitrogens with zero attached hydrogens (tertiary/aromatic N) is 2. The van der Waals surface area contributed by atoms with E-state index in [1.165, 1.54) is 0 Å². The van der Waals surface area contributed by atoms with Crippen LogP contribution in [0.5, 0.6) is 0 Å². The zero-order chi connectivity index (χ0) is 8.81. The van der Waals surface area contributed by atoms with Crippen LogP contribution < -0.4 is 9.44 Å². The maximum atomic E-state index is 8.52. The summed E-state index contributed by atoms with van der Waals surface area (Å²) in [7, 11) is 0. The van der Waals surface area contributed by atoms with Gasteiger partial charge in [0.15, 0.2) is 0 Å². The lowest BCUT2D eigenvalue weighted by Gasteiger charge is -2.02. The van der Waals surface area contributed by atoms with Gasteiger partial charge in [0, 0.05) is 0 Å². The average molecular weight is 198 g/mol. The molecule has 4 nitrogen and oxygen atoms in total. The molecule has 1 aromatic carbocycles. The van der Waals surface area contributed by atoms with Crippen LogP contribution in [0.2, 0.25) is 0 Å². The summed E-state index contributed by atoms with van der Waals surface area (Å²) < 4.78 is 22.3. The smallest absolute Gasteiger partial charge is 0.146 e. The van der Waals surface area contributed by atoms with Crippen LogP contribution in [0.25, 0.3) is 0 Å². The molecule has 1 aromatic rings. The minimum Gasteiger partial charge on any atom is -0.281 e. The predicted octanol–water partition coefficient (Wildman–Crippen LogP) is 2.77. The molecule has 0 saturated heterocycles. The van der Waals surface area contributed by atoms with Crippen LogP contribution in [0.1, 0.15) is 0 Å². The van der Waals surface area contributed by atoms with Crippen molar-refractivity contribution in [1.29, 1.82) is 9.22 Å². The van der Waals surface area contributed by atoms with E-state index in [0.29, 0.717) is 34.5 Å². The molecule has 0 spiro atoms. The first-order valence-electron chi connectivity index (χ1n) is 3.10. The van der Waals surface area contributed by atoms with Crippen LogP contribution >= 0.6 is 23.2 Å². The lowest BCUT2D eigenvalue weighted by molar-refractivity contribution is 1.62. The zero-order valence-electron chi connectivity index (χ0n) is 6.02. The number of rotatable bonds is 2. The van der Waals surface area contributed by atoms with Crippen molar-refractivity contribution in [3.05, 3.63) is 24.3 Å². The molecule has 0 aliphatic rings. The van der Waals surface area contributed by atoms with Crippen molar-refractivity contribution in [2.75, 3.05) is 9.44 Å². The maximum absolute atomic E-state index is 8.52. The second-order valence-corrected chi connectivity index (χ2v) is 2.71. The Balaban J connectivity index is 2.95. The van der Waals surface area contributed by atoms with Crippen molar-refractivity contribution >= 4 is 34.5 Å². The fraction of sp³-hybridized carbons (Fsp3) is 0. The summed E-state index contributed by atoms with van der Waals surface area (Å²) in [6.07, 6.45) is 0. The Kier molecular flexibility index (Phi) is 3.32. The van der Waals surface area contributed by atoms with E-state index in [2.05, 4.69) is 9.44 Å². The maximum Gasteiger partial charge on any atom is 0.146 e. The van der Waals surface area contributed by atoms with Crippen LogP contribution in [-0.4, -0.2) is 0 Å². The third-order valence-electron chi connectivity index (χ3n) is 1.24. The fourth-order valence-electron chi connectivity index (χ4n) is 0.759. The van der Waals surface area contributed by atoms with Crippen molar-refractivity contribution in [3.8, 4) is 0 Å². The van der Waals surface area contributed by atoms with Gasteiger partial charge in [-0.25, -0.2) is 0 Å². The zero-order valence-corrected chi connectivity index (χ0v) is 7.65. The molecule has 0 unspecified atom stereocenters. The molecule has 0 amide bonds. The fourth-order valence-corrected chi connectivity index (χ4v) is 1.31. The van der Waals surface area contributed by atoms with E-state index in [4.69, 9.17) is 9.22 Å². The molecule has 0 aromatic heterocycles. The number of anilines is 2. The third-order valence-corrected chi connectivity index (χ3v) is 1.86. The Labute approximate surface area is 77.8 Å². The van der Waals surface area contributed by atoms with Gasteiger partial charge in [0.1, 0.15) is 23.2 Å². The summed E-state index contributed by atoms with van der Waals surface area (Å²) in [4.78, 5) is 0. The molecule has 2 N–H and O–H groups in total.